The third kappa shape index (κ3) is 51.4. The normalized spacial score (nSPS) is 12.0. The molecule has 0 bridgehead atoms. The molecule has 6 heteroatoms. The number of ether oxygens (including phenoxy) is 3. The van der Waals surface area contributed by atoms with Gasteiger partial charge in [0.15, 0.2) is 6.10 Å². The molecule has 0 heterocycles. The molecule has 0 aliphatic heterocycles. The summed E-state index contributed by atoms with van der Waals surface area (Å²) in [4.78, 5) is 38.1. The Morgan fingerprint density at radius 3 is 0.766 bits per heavy atom. The SMILES string of the molecule is CCCCCCCCCCCCCCCC(=O)OC[C@H](COC(=O)CCCCCCCCCCCCCC)OC(=O)CCCCCCCCCCCCCCCCCCCCC(C)C. The molecule has 0 aromatic carbocycles. The van der Waals surface area contributed by atoms with Crippen molar-refractivity contribution in [2.45, 2.75) is 336 Å². The van der Waals surface area contributed by atoms with E-state index in [1.54, 1.807) is 0 Å². The zero-order chi connectivity index (χ0) is 46.7. The van der Waals surface area contributed by atoms with Gasteiger partial charge in [-0.3, -0.25) is 14.4 Å². The lowest BCUT2D eigenvalue weighted by Crippen LogP contribution is -2.30. The molecule has 0 radical (unpaired) electrons. The zero-order valence-electron chi connectivity index (χ0n) is 43.8. The molecule has 0 saturated heterocycles. The Hall–Kier alpha value is -1.59. The largest absolute Gasteiger partial charge is 0.462 e. The highest BCUT2D eigenvalue weighted by molar-refractivity contribution is 5.71. The van der Waals surface area contributed by atoms with E-state index in [0.29, 0.717) is 19.3 Å². The van der Waals surface area contributed by atoms with Crippen LogP contribution in [-0.4, -0.2) is 37.2 Å². The summed E-state index contributed by atoms with van der Waals surface area (Å²) in [5, 5.41) is 0. The predicted octanol–water partition coefficient (Wildman–Crippen LogP) is 19.0. The first kappa shape index (κ1) is 62.4. The minimum absolute atomic E-state index is 0.0618. The summed E-state index contributed by atoms with van der Waals surface area (Å²) >= 11 is 0. The van der Waals surface area contributed by atoms with E-state index in [9.17, 15) is 14.4 Å². The van der Waals surface area contributed by atoms with E-state index < -0.39 is 6.10 Å². The first-order valence-electron chi connectivity index (χ1n) is 28.9. The highest BCUT2D eigenvalue weighted by Crippen LogP contribution is 2.18. The Balaban J connectivity index is 4.24. The monoisotopic (exact) mass is 905 g/mol. The minimum Gasteiger partial charge on any atom is -0.462 e. The Morgan fingerprint density at radius 1 is 0.297 bits per heavy atom. The molecular weight excluding hydrogens is 793 g/mol. The predicted molar refractivity (Wildman–Crippen MR) is 275 cm³/mol. The minimum atomic E-state index is -0.761. The van der Waals surface area contributed by atoms with Crippen LogP contribution in [0.15, 0.2) is 0 Å². The van der Waals surface area contributed by atoms with Gasteiger partial charge in [0.05, 0.1) is 0 Å². The van der Waals surface area contributed by atoms with Gasteiger partial charge in [-0.05, 0) is 25.2 Å². The van der Waals surface area contributed by atoms with Crippen molar-refractivity contribution in [3.05, 3.63) is 0 Å². The van der Waals surface area contributed by atoms with Crippen LogP contribution in [0.5, 0.6) is 0 Å². The lowest BCUT2D eigenvalue weighted by atomic mass is 10.0. The Labute approximate surface area is 399 Å². The number of rotatable bonds is 53. The molecule has 0 aromatic rings. The summed E-state index contributed by atoms with van der Waals surface area (Å²) in [7, 11) is 0. The van der Waals surface area contributed by atoms with Crippen LogP contribution in [0.1, 0.15) is 329 Å². The van der Waals surface area contributed by atoms with Crippen LogP contribution < -0.4 is 0 Å². The molecular formula is C58H112O6. The molecule has 0 fully saturated rings. The molecule has 0 spiro atoms. The average molecular weight is 906 g/mol. The standard InChI is InChI=1S/C58H112O6/c1-5-7-9-11-13-15-17-25-30-34-38-42-46-50-57(60)63-53-55(52-62-56(59)49-45-41-37-33-29-18-16-14-12-10-8-6-2)64-58(61)51-47-43-39-35-31-27-24-22-20-19-21-23-26-28-32-36-40-44-48-54(3)4/h54-55H,5-53H2,1-4H3/t55-/m0/s1. The van der Waals surface area contributed by atoms with Crippen molar-refractivity contribution >= 4 is 17.9 Å². The molecule has 0 aliphatic rings. The van der Waals surface area contributed by atoms with Gasteiger partial charge in [0.2, 0.25) is 0 Å². The molecule has 0 rings (SSSR count). The van der Waals surface area contributed by atoms with Crippen LogP contribution in [0.2, 0.25) is 0 Å². The summed E-state index contributed by atoms with van der Waals surface area (Å²) in [5.74, 6) is 0.0223. The number of carbonyl (C=O) groups excluding carboxylic acids is 3. The fourth-order valence-corrected chi connectivity index (χ4v) is 8.92. The van der Waals surface area contributed by atoms with Gasteiger partial charge in [-0.25, -0.2) is 0 Å². The number of hydrogen-bond donors (Lipinski definition) is 0. The van der Waals surface area contributed by atoms with Crippen LogP contribution in [0.3, 0.4) is 0 Å². The molecule has 380 valence electrons. The molecule has 64 heavy (non-hydrogen) atoms. The van der Waals surface area contributed by atoms with E-state index in [2.05, 4.69) is 27.7 Å². The molecule has 0 amide bonds. The van der Waals surface area contributed by atoms with Crippen molar-refractivity contribution in [2.24, 2.45) is 5.92 Å². The molecule has 6 nitrogen and oxygen atoms in total. The van der Waals surface area contributed by atoms with E-state index in [1.807, 2.05) is 0 Å². The van der Waals surface area contributed by atoms with Crippen molar-refractivity contribution in [3.8, 4) is 0 Å². The third-order valence-corrected chi connectivity index (χ3v) is 13.3. The Bertz CT molecular complexity index is 964. The maximum Gasteiger partial charge on any atom is 0.306 e. The topological polar surface area (TPSA) is 78.9 Å². The van der Waals surface area contributed by atoms with Gasteiger partial charge in [-0.1, -0.05) is 291 Å². The zero-order valence-corrected chi connectivity index (χ0v) is 43.8. The summed E-state index contributed by atoms with van der Waals surface area (Å²) < 4.78 is 16.9. The van der Waals surface area contributed by atoms with Crippen molar-refractivity contribution in [3.63, 3.8) is 0 Å². The van der Waals surface area contributed by atoms with Crippen LogP contribution in [-0.2, 0) is 28.6 Å². The van der Waals surface area contributed by atoms with Gasteiger partial charge in [-0.15, -0.1) is 0 Å². The third-order valence-electron chi connectivity index (χ3n) is 13.3. The Morgan fingerprint density at radius 2 is 0.516 bits per heavy atom. The van der Waals surface area contributed by atoms with Gasteiger partial charge < -0.3 is 14.2 Å². The molecule has 0 saturated carbocycles. The second-order valence-electron chi connectivity index (χ2n) is 20.4. The van der Waals surface area contributed by atoms with Gasteiger partial charge in [0, 0.05) is 19.3 Å². The smallest absolute Gasteiger partial charge is 0.306 e. The van der Waals surface area contributed by atoms with Crippen LogP contribution in [0.4, 0.5) is 0 Å². The summed E-state index contributed by atoms with van der Waals surface area (Å²) in [5.41, 5.74) is 0. The first-order chi connectivity index (χ1) is 31.4. The number of esters is 3. The Kier molecular flexibility index (Phi) is 51.1. The number of carbonyl (C=O) groups is 3. The summed E-state index contributed by atoms with van der Waals surface area (Å²) in [6, 6.07) is 0. The van der Waals surface area contributed by atoms with Crippen LogP contribution >= 0.6 is 0 Å². The maximum absolute atomic E-state index is 12.8. The van der Waals surface area contributed by atoms with Crippen LogP contribution in [0.25, 0.3) is 0 Å². The van der Waals surface area contributed by atoms with E-state index in [1.165, 1.54) is 225 Å². The van der Waals surface area contributed by atoms with Crippen molar-refractivity contribution in [2.75, 3.05) is 13.2 Å². The molecule has 0 N–H and O–H groups in total. The van der Waals surface area contributed by atoms with E-state index in [4.69, 9.17) is 14.2 Å². The maximum atomic E-state index is 12.8. The molecule has 0 unspecified atom stereocenters. The van der Waals surface area contributed by atoms with Crippen LogP contribution in [0, 0.1) is 5.92 Å². The fourth-order valence-electron chi connectivity index (χ4n) is 8.92. The average Bonchev–Trinajstić information content (AvgIpc) is 3.28. The van der Waals surface area contributed by atoms with Crippen molar-refractivity contribution in [1.29, 1.82) is 0 Å². The highest BCUT2D eigenvalue weighted by atomic mass is 16.6. The van der Waals surface area contributed by atoms with Gasteiger partial charge in [-0.2, -0.15) is 0 Å². The van der Waals surface area contributed by atoms with E-state index >= 15 is 0 Å². The quantitative estimate of drug-likeness (QED) is 0.0344. The summed E-state index contributed by atoms with van der Waals surface area (Å²) in [6.45, 7) is 9.07. The first-order valence-corrected chi connectivity index (χ1v) is 28.9. The molecule has 1 atom stereocenters. The van der Waals surface area contributed by atoms with E-state index in [0.717, 1.165) is 63.7 Å². The van der Waals surface area contributed by atoms with Gasteiger partial charge in [0.1, 0.15) is 13.2 Å². The molecule has 0 aliphatic carbocycles. The van der Waals surface area contributed by atoms with Gasteiger partial charge >= 0.3 is 17.9 Å². The lowest BCUT2D eigenvalue weighted by Gasteiger charge is -2.18. The van der Waals surface area contributed by atoms with Gasteiger partial charge in [0.25, 0.3) is 0 Å². The second kappa shape index (κ2) is 52.4. The number of unbranched alkanes of at least 4 members (excludes halogenated alkanes) is 40. The second-order valence-corrected chi connectivity index (χ2v) is 20.4. The van der Waals surface area contributed by atoms with E-state index in [-0.39, 0.29) is 31.1 Å². The van der Waals surface area contributed by atoms with Crippen molar-refractivity contribution < 1.29 is 28.6 Å². The van der Waals surface area contributed by atoms with Crippen molar-refractivity contribution in [1.82, 2.24) is 0 Å². The number of hydrogen-bond acceptors (Lipinski definition) is 6. The molecule has 0 aromatic heterocycles. The fraction of sp³-hybridized carbons (Fsp3) is 0.948. The lowest BCUT2D eigenvalue weighted by molar-refractivity contribution is -0.167. The summed E-state index contributed by atoms with van der Waals surface area (Å²) in [6.07, 6.45) is 56.6. The highest BCUT2D eigenvalue weighted by Gasteiger charge is 2.19.